The van der Waals surface area contributed by atoms with E-state index in [1.165, 1.54) is 35.7 Å². The Morgan fingerprint density at radius 2 is 1.71 bits per heavy atom. The Bertz CT molecular complexity index is 949. The van der Waals surface area contributed by atoms with Crippen LogP contribution in [-0.4, -0.2) is 29.5 Å². The molecule has 8 heteroatoms. The predicted octanol–water partition coefficient (Wildman–Crippen LogP) is 2.24. The van der Waals surface area contributed by atoms with E-state index >= 15 is 0 Å². The monoisotopic (exact) mass is 342 g/mol. The molecule has 0 saturated heterocycles. The van der Waals surface area contributed by atoms with Gasteiger partial charge >= 0.3 is 10.1 Å². The number of rotatable bonds is 5. The van der Waals surface area contributed by atoms with Gasteiger partial charge in [-0.3, -0.25) is 0 Å². The second-order valence-corrected chi connectivity index (χ2v) is 6.52. The summed E-state index contributed by atoms with van der Waals surface area (Å²) < 4.78 is 31.5. The van der Waals surface area contributed by atoms with E-state index in [1.54, 1.807) is 36.4 Å². The second-order valence-electron chi connectivity index (χ2n) is 4.97. The Balaban J connectivity index is 1.88. The van der Waals surface area contributed by atoms with E-state index in [0.29, 0.717) is 5.56 Å². The van der Waals surface area contributed by atoms with Gasteiger partial charge in [0.25, 0.3) is 0 Å². The molecule has 0 aliphatic carbocycles. The zero-order valence-electron chi connectivity index (χ0n) is 12.8. The van der Waals surface area contributed by atoms with Gasteiger partial charge in [-0.2, -0.15) is 13.5 Å². The van der Waals surface area contributed by atoms with Gasteiger partial charge in [-0.1, -0.05) is 29.8 Å². The summed E-state index contributed by atoms with van der Waals surface area (Å²) in [5.41, 5.74) is 1.48. The Morgan fingerprint density at radius 3 is 2.42 bits per heavy atom. The van der Waals surface area contributed by atoms with Gasteiger partial charge in [0.05, 0.1) is 6.21 Å². The maximum atomic E-state index is 12.4. The van der Waals surface area contributed by atoms with Crippen molar-refractivity contribution in [3.8, 4) is 5.75 Å². The highest BCUT2D eigenvalue weighted by molar-refractivity contribution is 7.87. The minimum absolute atomic E-state index is 0.0960. The molecule has 122 valence electrons. The zero-order valence-corrected chi connectivity index (χ0v) is 13.6. The molecule has 0 atom stereocenters. The SMILES string of the molecule is Cc1ccc(S(=O)(=O)Oc2ccccc2/C=N/n2cnnc2)cc1. The normalized spacial score (nSPS) is 11.7. The molecule has 0 fully saturated rings. The third kappa shape index (κ3) is 3.66. The number of aromatic nitrogens is 3. The van der Waals surface area contributed by atoms with Crippen LogP contribution in [0, 0.1) is 6.92 Å². The average molecular weight is 342 g/mol. The van der Waals surface area contributed by atoms with E-state index in [2.05, 4.69) is 15.3 Å². The van der Waals surface area contributed by atoms with Gasteiger partial charge in [-0.05, 0) is 31.2 Å². The van der Waals surface area contributed by atoms with Gasteiger partial charge in [0.1, 0.15) is 17.6 Å². The maximum absolute atomic E-state index is 12.4. The van der Waals surface area contributed by atoms with Crippen molar-refractivity contribution in [2.24, 2.45) is 5.10 Å². The highest BCUT2D eigenvalue weighted by atomic mass is 32.2. The first kappa shape index (κ1) is 15.9. The zero-order chi connectivity index (χ0) is 17.0. The molecule has 0 N–H and O–H groups in total. The fraction of sp³-hybridized carbons (Fsp3) is 0.0625. The lowest BCUT2D eigenvalue weighted by Crippen LogP contribution is -2.11. The molecule has 0 bridgehead atoms. The van der Waals surface area contributed by atoms with Crippen LogP contribution in [0.15, 0.2) is 71.2 Å². The molecule has 24 heavy (non-hydrogen) atoms. The summed E-state index contributed by atoms with van der Waals surface area (Å²) in [7, 11) is -3.92. The fourth-order valence-electron chi connectivity index (χ4n) is 1.92. The van der Waals surface area contributed by atoms with Crippen LogP contribution in [0.25, 0.3) is 0 Å². The topological polar surface area (TPSA) is 86.4 Å². The Kier molecular flexibility index (Phi) is 4.39. The molecule has 0 unspecified atom stereocenters. The first-order chi connectivity index (χ1) is 11.5. The fourth-order valence-corrected chi connectivity index (χ4v) is 2.87. The van der Waals surface area contributed by atoms with E-state index in [4.69, 9.17) is 4.18 Å². The van der Waals surface area contributed by atoms with Crippen LogP contribution in [0.4, 0.5) is 0 Å². The van der Waals surface area contributed by atoms with E-state index in [9.17, 15) is 8.42 Å². The van der Waals surface area contributed by atoms with E-state index < -0.39 is 10.1 Å². The van der Waals surface area contributed by atoms with E-state index in [1.807, 2.05) is 6.92 Å². The third-order valence-electron chi connectivity index (χ3n) is 3.16. The molecule has 0 aliphatic heterocycles. The predicted molar refractivity (Wildman–Crippen MR) is 88.4 cm³/mol. The lowest BCUT2D eigenvalue weighted by Gasteiger charge is -2.09. The first-order valence-electron chi connectivity index (χ1n) is 7.04. The molecule has 2 aromatic carbocycles. The number of hydrogen-bond acceptors (Lipinski definition) is 6. The van der Waals surface area contributed by atoms with Gasteiger partial charge in [-0.25, -0.2) is 4.68 Å². The third-order valence-corrected chi connectivity index (χ3v) is 4.41. The van der Waals surface area contributed by atoms with Crippen molar-refractivity contribution in [1.82, 2.24) is 14.9 Å². The number of aryl methyl sites for hydroxylation is 1. The lowest BCUT2D eigenvalue weighted by molar-refractivity contribution is 0.485. The summed E-state index contributed by atoms with van der Waals surface area (Å²) in [6.45, 7) is 1.88. The molecular weight excluding hydrogens is 328 g/mol. The average Bonchev–Trinajstić information content (AvgIpc) is 3.07. The number of hydrogen-bond donors (Lipinski definition) is 0. The highest BCUT2D eigenvalue weighted by Crippen LogP contribution is 2.22. The molecule has 0 spiro atoms. The van der Waals surface area contributed by atoms with Crippen LogP contribution in [0.2, 0.25) is 0 Å². The molecular formula is C16H14N4O3S. The molecule has 1 heterocycles. The van der Waals surface area contributed by atoms with Gasteiger partial charge in [0, 0.05) is 5.56 Å². The van der Waals surface area contributed by atoms with Crippen molar-refractivity contribution in [2.45, 2.75) is 11.8 Å². The lowest BCUT2D eigenvalue weighted by atomic mass is 10.2. The smallest absolute Gasteiger partial charge is 0.339 e. The summed E-state index contributed by atoms with van der Waals surface area (Å²) in [6, 6.07) is 13.2. The summed E-state index contributed by atoms with van der Waals surface area (Å²) >= 11 is 0. The van der Waals surface area contributed by atoms with Gasteiger partial charge < -0.3 is 4.18 Å². The molecule has 1 aromatic heterocycles. The van der Waals surface area contributed by atoms with Crippen molar-refractivity contribution in [2.75, 3.05) is 0 Å². The van der Waals surface area contributed by atoms with Crippen molar-refractivity contribution in [1.29, 1.82) is 0 Å². The first-order valence-corrected chi connectivity index (χ1v) is 8.44. The van der Waals surface area contributed by atoms with Crippen LogP contribution >= 0.6 is 0 Å². The summed E-state index contributed by atoms with van der Waals surface area (Å²) in [5.74, 6) is 0.190. The van der Waals surface area contributed by atoms with Crippen LogP contribution < -0.4 is 4.18 Å². The van der Waals surface area contributed by atoms with E-state index in [0.717, 1.165) is 5.56 Å². The quantitative estimate of drug-likeness (QED) is 0.524. The Labute approximate surface area is 139 Å². The summed E-state index contributed by atoms with van der Waals surface area (Å²) in [5, 5.41) is 11.4. The Hall–Kier alpha value is -3.00. The number of benzene rings is 2. The van der Waals surface area contributed by atoms with Crippen molar-refractivity contribution < 1.29 is 12.6 Å². The Morgan fingerprint density at radius 1 is 1.04 bits per heavy atom. The van der Waals surface area contributed by atoms with Crippen molar-refractivity contribution in [3.63, 3.8) is 0 Å². The van der Waals surface area contributed by atoms with Crippen LogP contribution in [0.1, 0.15) is 11.1 Å². The number of nitrogens with zero attached hydrogens (tertiary/aromatic N) is 4. The summed E-state index contributed by atoms with van der Waals surface area (Å²) in [4.78, 5) is 0.0960. The van der Waals surface area contributed by atoms with Crippen LogP contribution in [0.3, 0.4) is 0 Å². The molecule has 3 aromatic rings. The van der Waals surface area contributed by atoms with E-state index in [-0.39, 0.29) is 10.6 Å². The van der Waals surface area contributed by atoms with Crippen LogP contribution in [-0.2, 0) is 10.1 Å². The molecule has 0 aliphatic rings. The molecule has 0 amide bonds. The molecule has 7 nitrogen and oxygen atoms in total. The van der Waals surface area contributed by atoms with Crippen molar-refractivity contribution in [3.05, 3.63) is 72.3 Å². The van der Waals surface area contributed by atoms with Gasteiger partial charge in [-0.15, -0.1) is 10.2 Å². The highest BCUT2D eigenvalue weighted by Gasteiger charge is 2.17. The minimum Gasteiger partial charge on any atom is -0.378 e. The minimum atomic E-state index is -3.92. The van der Waals surface area contributed by atoms with Gasteiger partial charge in [0.15, 0.2) is 5.75 Å². The second kappa shape index (κ2) is 6.63. The maximum Gasteiger partial charge on any atom is 0.339 e. The molecule has 0 radical (unpaired) electrons. The van der Waals surface area contributed by atoms with Crippen LogP contribution in [0.5, 0.6) is 5.75 Å². The van der Waals surface area contributed by atoms with Crippen molar-refractivity contribution >= 4 is 16.3 Å². The summed E-state index contributed by atoms with van der Waals surface area (Å²) in [6.07, 6.45) is 4.31. The molecule has 0 saturated carbocycles. The number of para-hydroxylation sites is 1. The molecule has 3 rings (SSSR count). The largest absolute Gasteiger partial charge is 0.378 e. The van der Waals surface area contributed by atoms with Gasteiger partial charge in [0.2, 0.25) is 0 Å². The standard InChI is InChI=1S/C16H14N4O3S/c1-13-6-8-15(9-7-13)24(21,22)23-16-5-3-2-4-14(16)10-19-20-11-17-18-12-20/h2-12H,1H3/b19-10+.